The maximum atomic E-state index is 5.68. The lowest BCUT2D eigenvalue weighted by atomic mass is 10.2. The van der Waals surface area contributed by atoms with Gasteiger partial charge in [-0.05, 0) is 25.8 Å². The summed E-state index contributed by atoms with van der Waals surface area (Å²) in [5.41, 5.74) is 0. The molecule has 0 radical (unpaired) electrons. The number of nitrogens with one attached hydrogen (secondary N) is 1. The Hall–Kier alpha value is 0.170. The van der Waals surface area contributed by atoms with E-state index in [1.807, 2.05) is 0 Å². The zero-order valence-electron chi connectivity index (χ0n) is 9.22. The zero-order valence-corrected chi connectivity index (χ0v) is 9.98. The van der Waals surface area contributed by atoms with Crippen LogP contribution in [-0.2, 0) is 9.47 Å². The Balaban J connectivity index is 3.30. The van der Waals surface area contributed by atoms with E-state index in [2.05, 4.69) is 5.32 Å². The molecule has 0 heterocycles. The molecule has 0 aromatic heterocycles. The van der Waals surface area contributed by atoms with Crippen LogP contribution in [0, 0.1) is 0 Å². The molecule has 0 saturated heterocycles. The summed E-state index contributed by atoms with van der Waals surface area (Å²) >= 11 is 5.68. The van der Waals surface area contributed by atoms with Crippen LogP contribution in [0.2, 0.25) is 0 Å². The number of rotatable bonds is 10. The third-order valence-corrected chi connectivity index (χ3v) is 2.25. The summed E-state index contributed by atoms with van der Waals surface area (Å²) in [6.45, 7) is 2.58. The summed E-state index contributed by atoms with van der Waals surface area (Å²) in [6.07, 6.45) is 3.19. The normalized spacial score (nSPS) is 13.1. The van der Waals surface area contributed by atoms with Gasteiger partial charge in [-0.2, -0.15) is 0 Å². The van der Waals surface area contributed by atoms with Gasteiger partial charge in [0.2, 0.25) is 0 Å². The van der Waals surface area contributed by atoms with Crippen LogP contribution in [0.3, 0.4) is 0 Å². The summed E-state index contributed by atoms with van der Waals surface area (Å²) in [5.74, 6) is 0.680. The van der Waals surface area contributed by atoms with Crippen molar-refractivity contribution in [2.45, 2.75) is 25.3 Å². The van der Waals surface area contributed by atoms with E-state index in [9.17, 15) is 0 Å². The first-order chi connectivity index (χ1) is 6.85. The molecule has 0 saturated carbocycles. The molecule has 0 aromatic rings. The Kier molecular flexibility index (Phi) is 11.4. The third kappa shape index (κ3) is 8.75. The van der Waals surface area contributed by atoms with Crippen LogP contribution >= 0.6 is 11.6 Å². The van der Waals surface area contributed by atoms with Crippen LogP contribution in [0.25, 0.3) is 0 Å². The quantitative estimate of drug-likeness (QED) is 0.451. The van der Waals surface area contributed by atoms with E-state index >= 15 is 0 Å². The largest absolute Gasteiger partial charge is 0.385 e. The Morgan fingerprint density at radius 2 is 2.00 bits per heavy atom. The van der Waals surface area contributed by atoms with Crippen molar-refractivity contribution in [2.24, 2.45) is 0 Å². The third-order valence-electron chi connectivity index (χ3n) is 2.03. The minimum atomic E-state index is 0.389. The van der Waals surface area contributed by atoms with E-state index in [4.69, 9.17) is 21.1 Å². The minimum absolute atomic E-state index is 0.389. The number of methoxy groups -OCH3 is 2. The second-order valence-electron chi connectivity index (χ2n) is 3.28. The van der Waals surface area contributed by atoms with Crippen molar-refractivity contribution in [3.8, 4) is 0 Å². The van der Waals surface area contributed by atoms with Gasteiger partial charge in [-0.3, -0.25) is 0 Å². The lowest BCUT2D eigenvalue weighted by Crippen LogP contribution is -2.34. The maximum absolute atomic E-state index is 5.68. The lowest BCUT2D eigenvalue weighted by Gasteiger charge is -2.16. The van der Waals surface area contributed by atoms with Crippen molar-refractivity contribution in [1.29, 1.82) is 0 Å². The average molecular weight is 224 g/mol. The highest BCUT2D eigenvalue weighted by Crippen LogP contribution is 1.96. The molecule has 0 rings (SSSR count). The zero-order chi connectivity index (χ0) is 10.6. The van der Waals surface area contributed by atoms with E-state index in [0.29, 0.717) is 11.9 Å². The van der Waals surface area contributed by atoms with Gasteiger partial charge in [-0.25, -0.2) is 0 Å². The molecule has 0 aliphatic rings. The number of hydrogen-bond donors (Lipinski definition) is 1. The Bertz CT molecular complexity index is 108. The van der Waals surface area contributed by atoms with Crippen molar-refractivity contribution in [1.82, 2.24) is 5.32 Å². The predicted molar refractivity (Wildman–Crippen MR) is 60.1 cm³/mol. The van der Waals surface area contributed by atoms with E-state index in [-0.39, 0.29) is 0 Å². The smallest absolute Gasteiger partial charge is 0.0616 e. The van der Waals surface area contributed by atoms with Crippen molar-refractivity contribution >= 4 is 11.6 Å². The lowest BCUT2D eigenvalue weighted by molar-refractivity contribution is 0.162. The van der Waals surface area contributed by atoms with Gasteiger partial charge in [0.15, 0.2) is 0 Å². The van der Waals surface area contributed by atoms with Crippen molar-refractivity contribution < 1.29 is 9.47 Å². The highest BCUT2D eigenvalue weighted by Gasteiger charge is 2.05. The molecular formula is C10H22ClNO2. The fourth-order valence-electron chi connectivity index (χ4n) is 1.25. The van der Waals surface area contributed by atoms with Gasteiger partial charge in [0.1, 0.15) is 0 Å². The molecule has 1 unspecified atom stereocenters. The van der Waals surface area contributed by atoms with E-state index in [1.54, 1.807) is 14.2 Å². The molecule has 14 heavy (non-hydrogen) atoms. The molecule has 0 aromatic carbocycles. The molecule has 4 heteroatoms. The van der Waals surface area contributed by atoms with Gasteiger partial charge in [-0.15, -0.1) is 11.6 Å². The van der Waals surface area contributed by atoms with Crippen molar-refractivity contribution in [3.63, 3.8) is 0 Å². The first kappa shape index (κ1) is 14.2. The second kappa shape index (κ2) is 11.2. The first-order valence-corrected chi connectivity index (χ1v) is 5.65. The summed E-state index contributed by atoms with van der Waals surface area (Å²) < 4.78 is 10.1. The Labute approximate surface area is 92.1 Å². The number of alkyl halides is 1. The van der Waals surface area contributed by atoms with Crippen LogP contribution in [0.15, 0.2) is 0 Å². The van der Waals surface area contributed by atoms with Gasteiger partial charge in [0, 0.05) is 32.7 Å². The van der Waals surface area contributed by atoms with Gasteiger partial charge in [0.05, 0.1) is 6.61 Å². The molecule has 0 amide bonds. The number of halogens is 1. The summed E-state index contributed by atoms with van der Waals surface area (Å²) in [7, 11) is 3.45. The van der Waals surface area contributed by atoms with Gasteiger partial charge in [-0.1, -0.05) is 0 Å². The molecule has 1 atom stereocenters. The van der Waals surface area contributed by atoms with Gasteiger partial charge in [0.25, 0.3) is 0 Å². The van der Waals surface area contributed by atoms with E-state index < -0.39 is 0 Å². The van der Waals surface area contributed by atoms with E-state index in [1.165, 1.54) is 0 Å². The van der Waals surface area contributed by atoms with Crippen LogP contribution in [0.1, 0.15) is 19.3 Å². The SMILES string of the molecule is COCCCCNC(CCCl)COC. The van der Waals surface area contributed by atoms with Crippen LogP contribution in [0.5, 0.6) is 0 Å². The number of ether oxygens (including phenoxy) is 2. The highest BCUT2D eigenvalue weighted by molar-refractivity contribution is 6.17. The maximum Gasteiger partial charge on any atom is 0.0616 e. The van der Waals surface area contributed by atoms with Crippen LogP contribution in [0.4, 0.5) is 0 Å². The van der Waals surface area contributed by atoms with Crippen LogP contribution in [-0.4, -0.2) is 45.9 Å². The fraction of sp³-hybridized carbons (Fsp3) is 1.00. The highest BCUT2D eigenvalue weighted by atomic mass is 35.5. The fourth-order valence-corrected chi connectivity index (χ4v) is 1.52. The number of unbranched alkanes of at least 4 members (excludes halogenated alkanes) is 1. The average Bonchev–Trinajstić information content (AvgIpc) is 2.18. The van der Waals surface area contributed by atoms with Crippen molar-refractivity contribution in [2.75, 3.05) is 39.9 Å². The molecular weight excluding hydrogens is 202 g/mol. The van der Waals surface area contributed by atoms with Crippen LogP contribution < -0.4 is 5.32 Å². The summed E-state index contributed by atoms with van der Waals surface area (Å²) in [4.78, 5) is 0. The number of hydrogen-bond acceptors (Lipinski definition) is 3. The molecule has 1 N–H and O–H groups in total. The molecule has 0 bridgehead atoms. The molecule has 0 aliphatic heterocycles. The molecule has 3 nitrogen and oxygen atoms in total. The molecule has 0 aliphatic carbocycles. The minimum Gasteiger partial charge on any atom is -0.385 e. The standard InChI is InChI=1S/C10H22ClNO2/c1-13-8-4-3-7-12-10(5-6-11)9-14-2/h10,12H,3-9H2,1-2H3. The second-order valence-corrected chi connectivity index (χ2v) is 3.66. The summed E-state index contributed by atoms with van der Waals surface area (Å²) in [6, 6.07) is 0.389. The topological polar surface area (TPSA) is 30.5 Å². The van der Waals surface area contributed by atoms with Gasteiger partial charge >= 0.3 is 0 Å². The Morgan fingerprint density at radius 3 is 2.57 bits per heavy atom. The summed E-state index contributed by atoms with van der Waals surface area (Å²) in [5, 5.41) is 3.42. The molecule has 86 valence electrons. The van der Waals surface area contributed by atoms with Gasteiger partial charge < -0.3 is 14.8 Å². The monoisotopic (exact) mass is 223 g/mol. The molecule has 0 spiro atoms. The van der Waals surface area contributed by atoms with Crippen molar-refractivity contribution in [3.05, 3.63) is 0 Å². The van der Waals surface area contributed by atoms with E-state index in [0.717, 1.165) is 39.0 Å². The first-order valence-electron chi connectivity index (χ1n) is 5.12. The Morgan fingerprint density at radius 1 is 1.21 bits per heavy atom. The predicted octanol–water partition coefficient (Wildman–Crippen LogP) is 1.65. The molecule has 0 fully saturated rings.